The molecule has 0 fully saturated rings. The number of hydrogen-bond acceptors (Lipinski definition) is 6. The van der Waals surface area contributed by atoms with Crippen LogP contribution in [0.3, 0.4) is 0 Å². The van der Waals surface area contributed by atoms with E-state index in [1.54, 1.807) is 49.0 Å². The Morgan fingerprint density at radius 3 is 2.50 bits per heavy atom. The third kappa shape index (κ3) is 3.51. The summed E-state index contributed by atoms with van der Waals surface area (Å²) in [6, 6.07) is 12.5. The van der Waals surface area contributed by atoms with E-state index in [9.17, 15) is 9.90 Å². The van der Waals surface area contributed by atoms with Gasteiger partial charge in [0.15, 0.2) is 5.13 Å². The molecule has 4 rings (SSSR count). The number of aliphatic hydroxyl groups is 1. The molecule has 2 N–H and O–H groups in total. The highest BCUT2D eigenvalue weighted by Crippen LogP contribution is 2.28. The molecule has 0 aliphatic carbocycles. The van der Waals surface area contributed by atoms with Gasteiger partial charge in [0, 0.05) is 18.8 Å². The zero-order chi connectivity index (χ0) is 19.9. The summed E-state index contributed by atoms with van der Waals surface area (Å²) in [5, 5.41) is 17.5. The Balaban J connectivity index is 1.56. The maximum absolute atomic E-state index is 12.5. The molecule has 0 atom stereocenters. The number of carbonyl (C=O) groups excluding carboxylic acids is 1. The van der Waals surface area contributed by atoms with Gasteiger partial charge in [-0.05, 0) is 49.7 Å². The predicted molar refractivity (Wildman–Crippen MR) is 109 cm³/mol. The molecule has 1 aromatic carbocycles. The maximum Gasteiger partial charge on any atom is 0.257 e. The molecule has 1 amide bonds. The number of aromatic nitrogens is 4. The van der Waals surface area contributed by atoms with E-state index in [-0.39, 0.29) is 5.91 Å². The summed E-state index contributed by atoms with van der Waals surface area (Å²) in [5.74, 6) is -0.256. The van der Waals surface area contributed by atoms with E-state index in [0.29, 0.717) is 10.7 Å². The van der Waals surface area contributed by atoms with Crippen molar-refractivity contribution < 1.29 is 9.90 Å². The Bertz CT molecular complexity index is 1160. The number of fused-ring (bicyclic) bond motifs is 1. The SMILES string of the molecule is Cn1nccc1-c1ccc2nc(NC(=O)c3ccc(C(C)(C)O)cc3)sc2n1. The Kier molecular flexibility index (Phi) is 4.44. The fourth-order valence-corrected chi connectivity index (χ4v) is 3.67. The molecule has 3 heterocycles. The van der Waals surface area contributed by atoms with Gasteiger partial charge in [0.05, 0.1) is 17.0 Å². The first-order valence-electron chi connectivity index (χ1n) is 8.71. The van der Waals surface area contributed by atoms with Crippen molar-refractivity contribution in [1.29, 1.82) is 0 Å². The highest BCUT2D eigenvalue weighted by Gasteiger charge is 2.17. The molecular formula is C20H19N5O2S. The molecule has 7 nitrogen and oxygen atoms in total. The number of benzene rings is 1. The third-order valence-electron chi connectivity index (χ3n) is 4.41. The number of carbonyl (C=O) groups is 1. The van der Waals surface area contributed by atoms with Crippen molar-refractivity contribution in [1.82, 2.24) is 19.7 Å². The van der Waals surface area contributed by atoms with Gasteiger partial charge in [-0.1, -0.05) is 23.5 Å². The summed E-state index contributed by atoms with van der Waals surface area (Å²) in [7, 11) is 1.86. The van der Waals surface area contributed by atoms with E-state index < -0.39 is 5.60 Å². The first-order chi connectivity index (χ1) is 13.3. The lowest BCUT2D eigenvalue weighted by Crippen LogP contribution is -2.16. The Morgan fingerprint density at radius 1 is 1.11 bits per heavy atom. The highest BCUT2D eigenvalue weighted by molar-refractivity contribution is 7.22. The van der Waals surface area contributed by atoms with Gasteiger partial charge in [0.2, 0.25) is 0 Å². The number of nitrogens with one attached hydrogen (secondary N) is 1. The van der Waals surface area contributed by atoms with Gasteiger partial charge >= 0.3 is 0 Å². The average Bonchev–Trinajstić information content (AvgIpc) is 3.25. The lowest BCUT2D eigenvalue weighted by molar-refractivity contribution is 0.0785. The monoisotopic (exact) mass is 393 g/mol. The summed E-state index contributed by atoms with van der Waals surface area (Å²) >= 11 is 1.32. The van der Waals surface area contributed by atoms with E-state index in [2.05, 4.69) is 20.4 Å². The quantitative estimate of drug-likeness (QED) is 0.553. The second kappa shape index (κ2) is 6.81. The number of rotatable bonds is 4. The van der Waals surface area contributed by atoms with Crippen LogP contribution < -0.4 is 5.32 Å². The standard InChI is InChI=1S/C20H19N5O2S/c1-20(2,27)13-6-4-12(5-7-13)17(26)24-19-23-15-9-8-14(22-18(15)28-19)16-10-11-21-25(16)3/h4-11,27H,1-3H3,(H,23,24,26). The molecule has 4 aromatic rings. The molecule has 0 saturated heterocycles. The Morgan fingerprint density at radius 2 is 1.86 bits per heavy atom. The summed E-state index contributed by atoms with van der Waals surface area (Å²) in [5.41, 5.74) is 2.73. The zero-order valence-electron chi connectivity index (χ0n) is 15.7. The van der Waals surface area contributed by atoms with Gasteiger partial charge in [-0.3, -0.25) is 14.8 Å². The van der Waals surface area contributed by atoms with Crippen molar-refractivity contribution in [3.63, 3.8) is 0 Å². The van der Waals surface area contributed by atoms with Crippen molar-refractivity contribution in [2.75, 3.05) is 5.32 Å². The first kappa shape index (κ1) is 18.3. The van der Waals surface area contributed by atoms with Crippen molar-refractivity contribution >= 4 is 32.7 Å². The molecule has 0 aliphatic heterocycles. The minimum Gasteiger partial charge on any atom is -0.386 e. The number of pyridine rings is 1. The summed E-state index contributed by atoms with van der Waals surface area (Å²) < 4.78 is 1.76. The van der Waals surface area contributed by atoms with E-state index >= 15 is 0 Å². The highest BCUT2D eigenvalue weighted by atomic mass is 32.1. The molecule has 0 aliphatic rings. The van der Waals surface area contributed by atoms with E-state index in [4.69, 9.17) is 0 Å². The predicted octanol–water partition coefficient (Wildman–Crippen LogP) is 3.57. The molecule has 3 aromatic heterocycles. The third-order valence-corrected chi connectivity index (χ3v) is 5.29. The van der Waals surface area contributed by atoms with Crippen LogP contribution in [0.1, 0.15) is 29.8 Å². The molecule has 0 bridgehead atoms. The lowest BCUT2D eigenvalue weighted by atomic mass is 9.97. The van der Waals surface area contributed by atoms with Gasteiger partial charge in [-0.25, -0.2) is 9.97 Å². The van der Waals surface area contributed by atoms with Crippen LogP contribution in [0, 0.1) is 0 Å². The smallest absolute Gasteiger partial charge is 0.257 e. The van der Waals surface area contributed by atoms with E-state index in [0.717, 1.165) is 27.3 Å². The second-order valence-corrected chi connectivity index (χ2v) is 7.95. The van der Waals surface area contributed by atoms with Crippen LogP contribution in [0.4, 0.5) is 5.13 Å². The Hall–Kier alpha value is -3.10. The second-order valence-electron chi connectivity index (χ2n) is 6.97. The number of aryl methyl sites for hydroxylation is 1. The van der Waals surface area contributed by atoms with Crippen LogP contribution in [0.2, 0.25) is 0 Å². The van der Waals surface area contributed by atoms with Gasteiger partial charge < -0.3 is 5.11 Å². The minimum absolute atomic E-state index is 0.256. The van der Waals surface area contributed by atoms with Crippen molar-refractivity contribution in [2.45, 2.75) is 19.4 Å². The Labute approximate surface area is 165 Å². The van der Waals surface area contributed by atoms with Crippen LogP contribution in [0.25, 0.3) is 21.7 Å². The van der Waals surface area contributed by atoms with Crippen molar-refractivity contribution in [3.8, 4) is 11.4 Å². The number of anilines is 1. The maximum atomic E-state index is 12.5. The summed E-state index contributed by atoms with van der Waals surface area (Å²) in [4.78, 5) is 22.3. The van der Waals surface area contributed by atoms with Gasteiger partial charge in [-0.2, -0.15) is 5.10 Å². The first-order valence-corrected chi connectivity index (χ1v) is 9.53. The molecular weight excluding hydrogens is 374 g/mol. The van der Waals surface area contributed by atoms with Crippen LogP contribution in [0.15, 0.2) is 48.7 Å². The number of thiazole rings is 1. The normalized spacial score (nSPS) is 11.7. The van der Waals surface area contributed by atoms with Gasteiger partial charge in [0.1, 0.15) is 10.3 Å². The number of amides is 1. The summed E-state index contributed by atoms with van der Waals surface area (Å²) in [6.45, 7) is 3.41. The molecule has 8 heteroatoms. The molecule has 0 radical (unpaired) electrons. The van der Waals surface area contributed by atoms with Gasteiger partial charge in [-0.15, -0.1) is 0 Å². The topological polar surface area (TPSA) is 92.9 Å². The zero-order valence-corrected chi connectivity index (χ0v) is 16.5. The number of nitrogens with zero attached hydrogens (tertiary/aromatic N) is 4. The van der Waals surface area contributed by atoms with E-state index in [1.165, 1.54) is 11.3 Å². The molecule has 28 heavy (non-hydrogen) atoms. The fourth-order valence-electron chi connectivity index (χ4n) is 2.84. The minimum atomic E-state index is -0.945. The van der Waals surface area contributed by atoms with E-state index in [1.807, 2.05) is 25.2 Å². The average molecular weight is 393 g/mol. The van der Waals surface area contributed by atoms with Crippen molar-refractivity contribution in [3.05, 3.63) is 59.8 Å². The number of hydrogen-bond donors (Lipinski definition) is 2. The van der Waals surface area contributed by atoms with Crippen LogP contribution in [-0.2, 0) is 12.6 Å². The summed E-state index contributed by atoms with van der Waals surface area (Å²) in [6.07, 6.45) is 1.72. The van der Waals surface area contributed by atoms with Crippen LogP contribution in [0.5, 0.6) is 0 Å². The van der Waals surface area contributed by atoms with Crippen LogP contribution in [-0.4, -0.2) is 30.8 Å². The van der Waals surface area contributed by atoms with Crippen LogP contribution >= 0.6 is 11.3 Å². The molecule has 0 unspecified atom stereocenters. The lowest BCUT2D eigenvalue weighted by Gasteiger charge is -2.17. The van der Waals surface area contributed by atoms with Gasteiger partial charge in [0.25, 0.3) is 5.91 Å². The molecule has 0 saturated carbocycles. The largest absolute Gasteiger partial charge is 0.386 e. The van der Waals surface area contributed by atoms with Crippen molar-refractivity contribution in [2.24, 2.45) is 7.05 Å². The fraction of sp³-hybridized carbons (Fsp3) is 0.200. The molecule has 0 spiro atoms. The molecule has 142 valence electrons.